The normalized spacial score (nSPS) is 52.0. The van der Waals surface area contributed by atoms with Crippen LogP contribution in [0.15, 0.2) is 12.2 Å². The molecule has 0 radical (unpaired) electrons. The van der Waals surface area contributed by atoms with E-state index < -0.39 is 16.5 Å². The predicted molar refractivity (Wildman–Crippen MR) is 42.6 cm³/mol. The van der Waals surface area contributed by atoms with Gasteiger partial charge >= 0.3 is 0 Å². The molecular formula is C7H8Cl2O2. The van der Waals surface area contributed by atoms with Crippen molar-refractivity contribution in [2.24, 2.45) is 11.8 Å². The van der Waals surface area contributed by atoms with Gasteiger partial charge in [-0.2, -0.15) is 0 Å². The maximum atomic E-state index is 9.35. The van der Waals surface area contributed by atoms with Crippen LogP contribution in [0, 0.1) is 11.8 Å². The first-order valence-electron chi connectivity index (χ1n) is 3.47. The van der Waals surface area contributed by atoms with E-state index in [4.69, 9.17) is 28.3 Å². The molecular weight excluding hydrogens is 187 g/mol. The van der Waals surface area contributed by atoms with Crippen LogP contribution in [-0.2, 0) is 0 Å². The number of hydrogen-bond acceptors (Lipinski definition) is 2. The number of fused-ring (bicyclic) bond motifs is 1. The number of aliphatic hydroxyl groups is 2. The van der Waals surface area contributed by atoms with Crippen LogP contribution in [0.1, 0.15) is 0 Å². The fraction of sp³-hybridized carbons (Fsp3) is 0.714. The second-order valence-corrected chi connectivity index (χ2v) is 4.54. The van der Waals surface area contributed by atoms with Crippen LogP contribution in [0.5, 0.6) is 0 Å². The highest BCUT2D eigenvalue weighted by molar-refractivity contribution is 6.51. The van der Waals surface area contributed by atoms with E-state index in [1.807, 2.05) is 0 Å². The Kier molecular flexibility index (Phi) is 1.53. The van der Waals surface area contributed by atoms with Gasteiger partial charge < -0.3 is 10.2 Å². The van der Waals surface area contributed by atoms with Crippen molar-refractivity contribution in [3.8, 4) is 0 Å². The fourth-order valence-corrected chi connectivity index (χ4v) is 2.44. The molecule has 0 aromatic carbocycles. The highest BCUT2D eigenvalue weighted by Crippen LogP contribution is 2.63. The van der Waals surface area contributed by atoms with E-state index in [9.17, 15) is 5.11 Å². The number of allylic oxidation sites excluding steroid dienone is 1. The van der Waals surface area contributed by atoms with Gasteiger partial charge in [0.05, 0.1) is 12.2 Å². The second kappa shape index (κ2) is 2.13. The van der Waals surface area contributed by atoms with Gasteiger partial charge in [0, 0.05) is 11.8 Å². The van der Waals surface area contributed by atoms with Gasteiger partial charge in [0.1, 0.15) is 4.33 Å². The van der Waals surface area contributed by atoms with Gasteiger partial charge in [-0.05, 0) is 0 Å². The Morgan fingerprint density at radius 3 is 2.36 bits per heavy atom. The zero-order valence-electron chi connectivity index (χ0n) is 5.61. The smallest absolute Gasteiger partial charge is 0.131 e. The van der Waals surface area contributed by atoms with Gasteiger partial charge in [-0.1, -0.05) is 12.2 Å². The van der Waals surface area contributed by atoms with E-state index in [-0.39, 0.29) is 11.8 Å². The Labute approximate surface area is 74.4 Å². The first kappa shape index (κ1) is 7.87. The molecule has 2 aliphatic carbocycles. The van der Waals surface area contributed by atoms with Crippen molar-refractivity contribution in [3.63, 3.8) is 0 Å². The minimum atomic E-state index is -0.854. The number of hydrogen-bond donors (Lipinski definition) is 2. The van der Waals surface area contributed by atoms with E-state index in [1.54, 1.807) is 12.2 Å². The number of halogens is 2. The average Bonchev–Trinajstić information content (AvgIpc) is 2.46. The fourth-order valence-electron chi connectivity index (χ4n) is 1.62. The molecule has 1 fully saturated rings. The first-order valence-corrected chi connectivity index (χ1v) is 4.23. The molecule has 0 aromatic rings. The van der Waals surface area contributed by atoms with E-state index >= 15 is 0 Å². The van der Waals surface area contributed by atoms with E-state index in [2.05, 4.69) is 0 Å². The lowest BCUT2D eigenvalue weighted by atomic mass is 10.0. The lowest BCUT2D eigenvalue weighted by Crippen LogP contribution is -2.29. The monoisotopic (exact) mass is 194 g/mol. The van der Waals surface area contributed by atoms with Crippen molar-refractivity contribution < 1.29 is 10.2 Å². The summed E-state index contributed by atoms with van der Waals surface area (Å²) in [6.07, 6.45) is 1.69. The van der Waals surface area contributed by atoms with E-state index in [0.29, 0.717) is 0 Å². The minimum absolute atomic E-state index is 0.0178. The van der Waals surface area contributed by atoms with Crippen LogP contribution in [-0.4, -0.2) is 26.8 Å². The Morgan fingerprint density at radius 2 is 1.82 bits per heavy atom. The standard InChI is InChI=1S/C7H8Cl2O2/c8-7(9)3-1-2-4(10)6(11)5(3)7/h1-6,10-11H/t3-,4-,5-,6-/m1/s1. The number of alkyl halides is 2. The van der Waals surface area contributed by atoms with Crippen LogP contribution < -0.4 is 0 Å². The summed E-state index contributed by atoms with van der Waals surface area (Å²) in [6.45, 7) is 0. The third-order valence-electron chi connectivity index (χ3n) is 2.40. The average molecular weight is 195 g/mol. The molecule has 0 bridgehead atoms. The predicted octanol–water partition coefficient (Wildman–Crippen LogP) is 0.698. The van der Waals surface area contributed by atoms with E-state index in [0.717, 1.165) is 0 Å². The Bertz CT molecular complexity index is 214. The van der Waals surface area contributed by atoms with E-state index in [1.165, 1.54) is 0 Å². The minimum Gasteiger partial charge on any atom is -0.390 e. The second-order valence-electron chi connectivity index (χ2n) is 3.09. The van der Waals surface area contributed by atoms with Crippen molar-refractivity contribution in [1.29, 1.82) is 0 Å². The molecule has 0 aromatic heterocycles. The molecule has 0 heterocycles. The molecule has 62 valence electrons. The highest BCUT2D eigenvalue weighted by atomic mass is 35.5. The quantitative estimate of drug-likeness (QED) is 0.441. The molecule has 11 heavy (non-hydrogen) atoms. The van der Waals surface area contributed by atoms with Crippen LogP contribution in [0.2, 0.25) is 0 Å². The molecule has 0 saturated heterocycles. The molecule has 2 nitrogen and oxygen atoms in total. The van der Waals surface area contributed by atoms with Crippen LogP contribution in [0.3, 0.4) is 0 Å². The zero-order valence-corrected chi connectivity index (χ0v) is 7.13. The molecule has 2 aliphatic rings. The topological polar surface area (TPSA) is 40.5 Å². The third kappa shape index (κ3) is 0.937. The molecule has 2 N–H and O–H groups in total. The molecule has 0 unspecified atom stereocenters. The lowest BCUT2D eigenvalue weighted by Gasteiger charge is -2.16. The largest absolute Gasteiger partial charge is 0.390 e. The van der Waals surface area contributed by atoms with Crippen molar-refractivity contribution >= 4 is 23.2 Å². The summed E-state index contributed by atoms with van der Waals surface area (Å²) < 4.78 is -0.854. The third-order valence-corrected chi connectivity index (χ3v) is 3.41. The lowest BCUT2D eigenvalue weighted by molar-refractivity contribution is 0.0270. The van der Waals surface area contributed by atoms with Gasteiger partial charge in [0.25, 0.3) is 0 Å². The van der Waals surface area contributed by atoms with Crippen molar-refractivity contribution in [3.05, 3.63) is 12.2 Å². The van der Waals surface area contributed by atoms with Gasteiger partial charge in [-0.3, -0.25) is 0 Å². The molecule has 1 saturated carbocycles. The Morgan fingerprint density at radius 1 is 1.18 bits per heavy atom. The van der Waals surface area contributed by atoms with Gasteiger partial charge in [-0.25, -0.2) is 0 Å². The number of aliphatic hydroxyl groups excluding tert-OH is 2. The summed E-state index contributed by atoms with van der Waals surface area (Å²) in [7, 11) is 0. The first-order chi connectivity index (χ1) is 5.05. The number of rotatable bonds is 0. The van der Waals surface area contributed by atoms with Gasteiger partial charge in [0.2, 0.25) is 0 Å². The molecule has 2 rings (SSSR count). The maximum absolute atomic E-state index is 9.35. The molecule has 0 spiro atoms. The van der Waals surface area contributed by atoms with Crippen molar-refractivity contribution in [2.45, 2.75) is 16.5 Å². The summed E-state index contributed by atoms with van der Waals surface area (Å²) in [5.74, 6) is -0.171. The van der Waals surface area contributed by atoms with Gasteiger partial charge in [0.15, 0.2) is 0 Å². The van der Waals surface area contributed by atoms with Crippen LogP contribution >= 0.6 is 23.2 Å². The summed E-state index contributed by atoms with van der Waals surface area (Å²) in [4.78, 5) is 0. The van der Waals surface area contributed by atoms with Gasteiger partial charge in [-0.15, -0.1) is 23.2 Å². The summed E-state index contributed by atoms with van der Waals surface area (Å²) in [6, 6.07) is 0. The van der Waals surface area contributed by atoms with Crippen molar-refractivity contribution in [2.75, 3.05) is 0 Å². The molecule has 0 aliphatic heterocycles. The van der Waals surface area contributed by atoms with Crippen molar-refractivity contribution in [1.82, 2.24) is 0 Å². The summed E-state index contributed by atoms with van der Waals surface area (Å²) in [5.41, 5.74) is 0. The summed E-state index contributed by atoms with van der Waals surface area (Å²) in [5, 5.41) is 18.5. The Balaban J connectivity index is 2.23. The SMILES string of the molecule is O[C@H]1[C@H]2[C@@H](C=C[C@H]1O)C2(Cl)Cl. The molecule has 0 amide bonds. The molecule has 4 atom stereocenters. The van der Waals surface area contributed by atoms with Crippen LogP contribution in [0.4, 0.5) is 0 Å². The molecule has 4 heteroatoms. The zero-order chi connectivity index (χ0) is 8.22. The summed E-state index contributed by atoms with van der Waals surface area (Å²) >= 11 is 11.6. The van der Waals surface area contributed by atoms with Crippen LogP contribution in [0.25, 0.3) is 0 Å². The maximum Gasteiger partial charge on any atom is 0.131 e. The highest BCUT2D eigenvalue weighted by Gasteiger charge is 2.67. The Hall–Kier alpha value is 0.240.